The van der Waals surface area contributed by atoms with Crippen molar-refractivity contribution in [3.05, 3.63) is 12.2 Å². The average molecular weight is 385 g/mol. The van der Waals surface area contributed by atoms with Crippen LogP contribution < -0.4 is 0 Å². The molecule has 0 fully saturated rings. The van der Waals surface area contributed by atoms with Crippen LogP contribution in [0.25, 0.3) is 0 Å². The second kappa shape index (κ2) is 23.7. The molecule has 0 rings (SSSR count). The van der Waals surface area contributed by atoms with Crippen LogP contribution in [-0.4, -0.2) is 31.2 Å². The van der Waals surface area contributed by atoms with Crippen LogP contribution in [0, 0.1) is 0 Å². The van der Waals surface area contributed by atoms with Crippen molar-refractivity contribution in [1.29, 1.82) is 0 Å². The summed E-state index contributed by atoms with van der Waals surface area (Å²) >= 11 is 0. The molecular formula is C24H48O3. The Morgan fingerprint density at radius 1 is 0.630 bits per heavy atom. The zero-order valence-corrected chi connectivity index (χ0v) is 18.4. The van der Waals surface area contributed by atoms with Gasteiger partial charge in [-0.05, 0) is 44.9 Å². The van der Waals surface area contributed by atoms with E-state index in [0.717, 1.165) is 45.3 Å². The van der Waals surface area contributed by atoms with Gasteiger partial charge in [0.1, 0.15) is 0 Å². The molecule has 0 unspecified atom stereocenters. The Kier molecular flexibility index (Phi) is 23.3. The van der Waals surface area contributed by atoms with Crippen molar-refractivity contribution in [1.82, 2.24) is 0 Å². The van der Waals surface area contributed by atoms with E-state index in [1.54, 1.807) is 0 Å². The van der Waals surface area contributed by atoms with Gasteiger partial charge in [0, 0.05) is 19.8 Å². The summed E-state index contributed by atoms with van der Waals surface area (Å²) in [5, 5.41) is 8.72. The van der Waals surface area contributed by atoms with Crippen molar-refractivity contribution in [3.8, 4) is 0 Å². The molecule has 0 aromatic rings. The number of unbranched alkanes of at least 4 members (excludes halogenated alkanes) is 11. The first-order chi connectivity index (χ1) is 13.3. The number of ether oxygens (including phenoxy) is 2. The molecule has 0 spiro atoms. The van der Waals surface area contributed by atoms with Crippen LogP contribution >= 0.6 is 0 Å². The van der Waals surface area contributed by atoms with Crippen molar-refractivity contribution in [2.75, 3.05) is 19.8 Å². The summed E-state index contributed by atoms with van der Waals surface area (Å²) in [6.45, 7) is 6.45. The Bertz CT molecular complexity index is 277. The van der Waals surface area contributed by atoms with Crippen LogP contribution in [0.2, 0.25) is 0 Å². The van der Waals surface area contributed by atoms with Gasteiger partial charge in [0.15, 0.2) is 6.29 Å². The topological polar surface area (TPSA) is 38.7 Å². The number of aliphatic hydroxyl groups excluding tert-OH is 1. The lowest BCUT2D eigenvalue weighted by molar-refractivity contribution is -0.148. The van der Waals surface area contributed by atoms with Gasteiger partial charge in [0.25, 0.3) is 0 Å². The lowest BCUT2D eigenvalue weighted by Crippen LogP contribution is -2.19. The lowest BCUT2D eigenvalue weighted by atomic mass is 10.1. The first kappa shape index (κ1) is 26.6. The van der Waals surface area contributed by atoms with Crippen LogP contribution in [0.15, 0.2) is 12.2 Å². The maximum atomic E-state index is 8.72. The third kappa shape index (κ3) is 21.8. The molecule has 3 nitrogen and oxygen atoms in total. The summed E-state index contributed by atoms with van der Waals surface area (Å²) in [4.78, 5) is 0. The molecule has 0 atom stereocenters. The highest BCUT2D eigenvalue weighted by molar-refractivity contribution is 4.80. The number of allylic oxidation sites excluding steroid dienone is 1. The zero-order chi connectivity index (χ0) is 19.8. The van der Waals surface area contributed by atoms with E-state index in [1.807, 2.05) is 0 Å². The predicted octanol–water partition coefficient (Wildman–Crippen LogP) is 7.18. The van der Waals surface area contributed by atoms with E-state index in [-0.39, 0.29) is 12.9 Å². The van der Waals surface area contributed by atoms with Crippen molar-refractivity contribution in [2.45, 2.75) is 123 Å². The molecule has 0 aliphatic carbocycles. The minimum Gasteiger partial charge on any atom is -0.396 e. The van der Waals surface area contributed by atoms with E-state index in [2.05, 4.69) is 26.0 Å². The van der Waals surface area contributed by atoms with Crippen molar-refractivity contribution in [2.24, 2.45) is 0 Å². The van der Waals surface area contributed by atoms with Gasteiger partial charge in [0.2, 0.25) is 0 Å². The van der Waals surface area contributed by atoms with Crippen molar-refractivity contribution in [3.63, 3.8) is 0 Å². The van der Waals surface area contributed by atoms with Gasteiger partial charge in [-0.3, -0.25) is 0 Å². The van der Waals surface area contributed by atoms with Crippen LogP contribution in [0.1, 0.15) is 117 Å². The summed E-state index contributed by atoms with van der Waals surface area (Å²) in [6.07, 6.45) is 23.6. The molecule has 1 N–H and O–H groups in total. The summed E-state index contributed by atoms with van der Waals surface area (Å²) in [7, 11) is 0. The molecule has 0 saturated heterocycles. The largest absolute Gasteiger partial charge is 0.396 e. The van der Waals surface area contributed by atoms with Crippen LogP contribution in [0.5, 0.6) is 0 Å². The molecule has 3 heteroatoms. The third-order valence-electron chi connectivity index (χ3n) is 4.88. The van der Waals surface area contributed by atoms with Gasteiger partial charge < -0.3 is 14.6 Å². The summed E-state index contributed by atoms with van der Waals surface area (Å²) < 4.78 is 12.1. The van der Waals surface area contributed by atoms with E-state index in [0.29, 0.717) is 0 Å². The van der Waals surface area contributed by atoms with E-state index in [9.17, 15) is 0 Å². The Balaban J connectivity index is 3.73. The van der Waals surface area contributed by atoms with Crippen LogP contribution in [0.3, 0.4) is 0 Å². The van der Waals surface area contributed by atoms with E-state index in [4.69, 9.17) is 14.6 Å². The Morgan fingerprint density at radius 3 is 1.74 bits per heavy atom. The first-order valence-corrected chi connectivity index (χ1v) is 11.8. The summed E-state index contributed by atoms with van der Waals surface area (Å²) in [5.41, 5.74) is 0. The van der Waals surface area contributed by atoms with Crippen molar-refractivity contribution >= 4 is 0 Å². The van der Waals surface area contributed by atoms with Gasteiger partial charge in [-0.1, -0.05) is 83.8 Å². The minimum absolute atomic E-state index is 0.00895. The standard InChI is InChI=1S/C24H48O3/c1-3-5-7-18-22-26-24(27-23-19-8-6-4-2)20-16-14-12-10-9-11-13-15-17-21-25/h13,15,24-25H,3-12,14,16-23H2,1-2H3/b15-13+. The van der Waals surface area contributed by atoms with E-state index >= 15 is 0 Å². The van der Waals surface area contributed by atoms with Gasteiger partial charge in [-0.2, -0.15) is 0 Å². The number of hydrogen-bond donors (Lipinski definition) is 1. The minimum atomic E-state index is 0.00895. The summed E-state index contributed by atoms with van der Waals surface area (Å²) in [6, 6.07) is 0. The van der Waals surface area contributed by atoms with E-state index in [1.165, 1.54) is 70.6 Å². The Hall–Kier alpha value is -0.380. The maximum Gasteiger partial charge on any atom is 0.157 e. The van der Waals surface area contributed by atoms with Gasteiger partial charge >= 0.3 is 0 Å². The fourth-order valence-electron chi connectivity index (χ4n) is 3.12. The SMILES string of the molecule is CCCCCCOC(CCCCCCC/C=C/CCO)OCCCCCC. The molecule has 0 aliphatic heterocycles. The molecule has 0 aromatic carbocycles. The highest BCUT2D eigenvalue weighted by Gasteiger charge is 2.09. The highest BCUT2D eigenvalue weighted by Crippen LogP contribution is 2.13. The maximum absolute atomic E-state index is 8.72. The van der Waals surface area contributed by atoms with Crippen molar-refractivity contribution < 1.29 is 14.6 Å². The number of aliphatic hydroxyl groups is 1. The third-order valence-corrected chi connectivity index (χ3v) is 4.88. The molecule has 27 heavy (non-hydrogen) atoms. The monoisotopic (exact) mass is 384 g/mol. The quantitative estimate of drug-likeness (QED) is 0.122. The second-order valence-electron chi connectivity index (χ2n) is 7.62. The molecular weight excluding hydrogens is 336 g/mol. The molecule has 0 aliphatic rings. The molecule has 0 aromatic heterocycles. The fourth-order valence-corrected chi connectivity index (χ4v) is 3.12. The molecule has 0 saturated carbocycles. The van der Waals surface area contributed by atoms with E-state index < -0.39 is 0 Å². The molecule has 0 heterocycles. The second-order valence-corrected chi connectivity index (χ2v) is 7.62. The fraction of sp³-hybridized carbons (Fsp3) is 0.917. The molecule has 0 bridgehead atoms. The molecule has 162 valence electrons. The number of rotatable bonds is 22. The van der Waals surface area contributed by atoms with Gasteiger partial charge in [0.05, 0.1) is 0 Å². The average Bonchev–Trinajstić information content (AvgIpc) is 2.68. The smallest absolute Gasteiger partial charge is 0.157 e. The zero-order valence-electron chi connectivity index (χ0n) is 18.4. The summed E-state index contributed by atoms with van der Waals surface area (Å²) in [5.74, 6) is 0. The van der Waals surface area contributed by atoms with Crippen LogP contribution in [-0.2, 0) is 9.47 Å². The number of hydrogen-bond acceptors (Lipinski definition) is 3. The molecule has 0 amide bonds. The molecule has 0 radical (unpaired) electrons. The Morgan fingerprint density at radius 2 is 1.15 bits per heavy atom. The Labute approximate surface area is 169 Å². The first-order valence-electron chi connectivity index (χ1n) is 11.8. The normalized spacial score (nSPS) is 11.9. The van der Waals surface area contributed by atoms with Gasteiger partial charge in [-0.25, -0.2) is 0 Å². The predicted molar refractivity (Wildman–Crippen MR) is 117 cm³/mol. The highest BCUT2D eigenvalue weighted by atomic mass is 16.7. The van der Waals surface area contributed by atoms with Crippen LogP contribution in [0.4, 0.5) is 0 Å². The van der Waals surface area contributed by atoms with Gasteiger partial charge in [-0.15, -0.1) is 0 Å². The lowest BCUT2D eigenvalue weighted by Gasteiger charge is -2.19.